The number of methoxy groups -OCH3 is 1. The lowest BCUT2D eigenvalue weighted by Gasteiger charge is -2.43. The molecule has 0 radical (unpaired) electrons. The average molecular weight is 269 g/mol. The van der Waals surface area contributed by atoms with Crippen LogP contribution < -0.4 is 5.73 Å². The maximum atomic E-state index is 6.00. The van der Waals surface area contributed by atoms with Gasteiger partial charge in [0.15, 0.2) is 0 Å². The van der Waals surface area contributed by atoms with Crippen molar-refractivity contribution >= 4 is 0 Å². The molecule has 2 fully saturated rings. The number of nitrogens with two attached hydrogens (primary N) is 1. The van der Waals surface area contributed by atoms with E-state index in [1.54, 1.807) is 0 Å². The molecule has 0 aromatic rings. The monoisotopic (exact) mass is 269 g/mol. The Bertz CT molecular complexity index is 262. The molecule has 0 bridgehead atoms. The second-order valence-electron chi connectivity index (χ2n) is 6.03. The van der Waals surface area contributed by atoms with E-state index in [1.165, 1.54) is 45.3 Å². The molecular formula is C15H31N3O. The Balaban J connectivity index is 1.92. The summed E-state index contributed by atoms with van der Waals surface area (Å²) in [7, 11) is 1.83. The zero-order valence-electron chi connectivity index (χ0n) is 12.7. The lowest BCUT2D eigenvalue weighted by Crippen LogP contribution is -2.53. The van der Waals surface area contributed by atoms with Crippen LogP contribution in [-0.4, -0.2) is 67.8 Å². The molecule has 2 N–H and O–H groups in total. The van der Waals surface area contributed by atoms with Crippen LogP contribution >= 0.6 is 0 Å². The van der Waals surface area contributed by atoms with Crippen molar-refractivity contribution in [3.63, 3.8) is 0 Å². The van der Waals surface area contributed by atoms with Gasteiger partial charge in [0.25, 0.3) is 0 Å². The predicted octanol–water partition coefficient (Wildman–Crippen LogP) is 1.30. The van der Waals surface area contributed by atoms with Crippen molar-refractivity contribution in [3.05, 3.63) is 0 Å². The number of hydrogen-bond acceptors (Lipinski definition) is 4. The third kappa shape index (κ3) is 3.91. The fourth-order valence-corrected chi connectivity index (χ4v) is 3.74. The van der Waals surface area contributed by atoms with E-state index in [4.69, 9.17) is 10.5 Å². The van der Waals surface area contributed by atoms with E-state index in [0.29, 0.717) is 12.1 Å². The standard InChI is InChI=1S/C15H31N3O/c1-3-17-8-4-5-13(6-9-17)18-10-7-15(19-2)11-14(18)12-16/h13-15H,3-12,16H2,1-2H3. The number of piperidine rings is 1. The van der Waals surface area contributed by atoms with Crippen LogP contribution in [0.25, 0.3) is 0 Å². The van der Waals surface area contributed by atoms with Crippen molar-refractivity contribution in [2.24, 2.45) is 5.73 Å². The van der Waals surface area contributed by atoms with Crippen LogP contribution in [0.15, 0.2) is 0 Å². The first-order valence-corrected chi connectivity index (χ1v) is 7.99. The summed E-state index contributed by atoms with van der Waals surface area (Å²) in [5.74, 6) is 0. The highest BCUT2D eigenvalue weighted by Crippen LogP contribution is 2.26. The van der Waals surface area contributed by atoms with E-state index in [0.717, 1.165) is 25.6 Å². The molecule has 2 heterocycles. The van der Waals surface area contributed by atoms with Gasteiger partial charge in [-0.15, -0.1) is 0 Å². The third-order valence-electron chi connectivity index (χ3n) is 5.03. The van der Waals surface area contributed by atoms with Crippen LogP contribution in [0.5, 0.6) is 0 Å². The van der Waals surface area contributed by atoms with E-state index >= 15 is 0 Å². The highest BCUT2D eigenvalue weighted by Gasteiger charge is 2.32. The van der Waals surface area contributed by atoms with Crippen molar-refractivity contribution in [1.82, 2.24) is 9.80 Å². The van der Waals surface area contributed by atoms with Gasteiger partial charge in [0.1, 0.15) is 0 Å². The fraction of sp³-hybridized carbons (Fsp3) is 1.00. The Kier molecular flexibility index (Phi) is 6.07. The quantitative estimate of drug-likeness (QED) is 0.835. The van der Waals surface area contributed by atoms with Gasteiger partial charge in [-0.25, -0.2) is 0 Å². The molecule has 2 rings (SSSR count). The first-order chi connectivity index (χ1) is 9.28. The number of nitrogens with zero attached hydrogens (tertiary/aromatic N) is 2. The van der Waals surface area contributed by atoms with Crippen LogP contribution in [0.2, 0.25) is 0 Å². The van der Waals surface area contributed by atoms with Gasteiger partial charge in [0.2, 0.25) is 0 Å². The molecule has 3 unspecified atom stereocenters. The number of rotatable bonds is 4. The van der Waals surface area contributed by atoms with Crippen molar-refractivity contribution in [3.8, 4) is 0 Å². The van der Waals surface area contributed by atoms with Crippen LogP contribution in [-0.2, 0) is 4.74 Å². The zero-order valence-corrected chi connectivity index (χ0v) is 12.7. The lowest BCUT2D eigenvalue weighted by molar-refractivity contribution is -0.00671. The van der Waals surface area contributed by atoms with Gasteiger partial charge >= 0.3 is 0 Å². The fourth-order valence-electron chi connectivity index (χ4n) is 3.74. The minimum atomic E-state index is 0.419. The van der Waals surface area contributed by atoms with Crippen molar-refractivity contribution < 1.29 is 4.74 Å². The molecule has 0 aliphatic carbocycles. The largest absolute Gasteiger partial charge is 0.381 e. The molecular weight excluding hydrogens is 238 g/mol. The van der Waals surface area contributed by atoms with Gasteiger partial charge in [-0.1, -0.05) is 6.92 Å². The van der Waals surface area contributed by atoms with Crippen molar-refractivity contribution in [2.45, 2.75) is 57.2 Å². The van der Waals surface area contributed by atoms with Crippen LogP contribution in [0.1, 0.15) is 39.0 Å². The maximum absolute atomic E-state index is 6.00. The summed E-state index contributed by atoms with van der Waals surface area (Å²) >= 11 is 0. The van der Waals surface area contributed by atoms with Gasteiger partial charge < -0.3 is 15.4 Å². The summed E-state index contributed by atoms with van der Waals surface area (Å²) in [5.41, 5.74) is 6.00. The van der Waals surface area contributed by atoms with Gasteiger partial charge in [-0.05, 0) is 51.7 Å². The molecule has 0 amide bonds. The van der Waals surface area contributed by atoms with E-state index in [9.17, 15) is 0 Å². The van der Waals surface area contributed by atoms with Gasteiger partial charge in [0, 0.05) is 32.3 Å². The molecule has 0 saturated carbocycles. The smallest absolute Gasteiger partial charge is 0.0599 e. The van der Waals surface area contributed by atoms with Crippen molar-refractivity contribution in [1.29, 1.82) is 0 Å². The molecule has 2 saturated heterocycles. The summed E-state index contributed by atoms with van der Waals surface area (Å²) in [4.78, 5) is 5.27. The van der Waals surface area contributed by atoms with Gasteiger partial charge in [-0.2, -0.15) is 0 Å². The first-order valence-electron chi connectivity index (χ1n) is 7.99. The Morgan fingerprint density at radius 2 is 2.00 bits per heavy atom. The molecule has 19 heavy (non-hydrogen) atoms. The minimum Gasteiger partial charge on any atom is -0.381 e. The molecule has 0 spiro atoms. The second kappa shape index (κ2) is 7.58. The number of ether oxygens (including phenoxy) is 1. The first kappa shape index (κ1) is 15.2. The maximum Gasteiger partial charge on any atom is 0.0599 e. The summed E-state index contributed by atoms with van der Waals surface area (Å²) < 4.78 is 5.53. The molecule has 2 aliphatic rings. The van der Waals surface area contributed by atoms with Crippen molar-refractivity contribution in [2.75, 3.05) is 39.8 Å². The predicted molar refractivity (Wildman–Crippen MR) is 79.3 cm³/mol. The van der Waals surface area contributed by atoms with E-state index in [2.05, 4.69) is 16.7 Å². The third-order valence-corrected chi connectivity index (χ3v) is 5.03. The Hall–Kier alpha value is -0.160. The zero-order chi connectivity index (χ0) is 13.7. The Morgan fingerprint density at radius 1 is 1.16 bits per heavy atom. The van der Waals surface area contributed by atoms with E-state index in [-0.39, 0.29) is 0 Å². The number of hydrogen-bond donors (Lipinski definition) is 1. The molecule has 112 valence electrons. The van der Waals surface area contributed by atoms with Gasteiger partial charge in [-0.3, -0.25) is 4.90 Å². The molecule has 4 heteroatoms. The average Bonchev–Trinajstić information content (AvgIpc) is 2.71. The summed E-state index contributed by atoms with van der Waals surface area (Å²) in [6, 6.07) is 1.26. The molecule has 0 aromatic carbocycles. The summed E-state index contributed by atoms with van der Waals surface area (Å²) in [6.45, 7) is 7.92. The summed E-state index contributed by atoms with van der Waals surface area (Å²) in [5, 5.41) is 0. The Morgan fingerprint density at radius 3 is 2.68 bits per heavy atom. The molecule has 4 nitrogen and oxygen atoms in total. The van der Waals surface area contributed by atoms with Crippen LogP contribution in [0.4, 0.5) is 0 Å². The minimum absolute atomic E-state index is 0.419. The highest BCUT2D eigenvalue weighted by molar-refractivity contribution is 4.88. The van der Waals surface area contributed by atoms with E-state index < -0.39 is 0 Å². The Labute approximate surface area is 118 Å². The molecule has 2 aliphatic heterocycles. The lowest BCUT2D eigenvalue weighted by atomic mass is 9.95. The highest BCUT2D eigenvalue weighted by atomic mass is 16.5. The van der Waals surface area contributed by atoms with Crippen LogP contribution in [0, 0.1) is 0 Å². The topological polar surface area (TPSA) is 41.7 Å². The second-order valence-corrected chi connectivity index (χ2v) is 6.03. The molecule has 3 atom stereocenters. The van der Waals surface area contributed by atoms with Crippen LogP contribution in [0.3, 0.4) is 0 Å². The van der Waals surface area contributed by atoms with Gasteiger partial charge in [0.05, 0.1) is 6.10 Å². The molecule has 0 aromatic heterocycles. The SMILES string of the molecule is CCN1CCCC(N2CCC(OC)CC2CN)CC1. The summed E-state index contributed by atoms with van der Waals surface area (Å²) in [6.07, 6.45) is 6.68. The normalized spacial score (nSPS) is 35.2. The number of likely N-dealkylation sites (tertiary alicyclic amines) is 2. The van der Waals surface area contributed by atoms with E-state index in [1.807, 2.05) is 7.11 Å².